The molecule has 1 atom stereocenters. The van der Waals surface area contributed by atoms with Crippen molar-refractivity contribution in [3.05, 3.63) is 39.8 Å². The molecule has 0 aliphatic carbocycles. The lowest BCUT2D eigenvalue weighted by Crippen LogP contribution is -2.38. The van der Waals surface area contributed by atoms with E-state index in [0.717, 1.165) is 24.3 Å². The summed E-state index contributed by atoms with van der Waals surface area (Å²) in [6, 6.07) is 3.76. The summed E-state index contributed by atoms with van der Waals surface area (Å²) in [5.74, 6) is -0.811. The molecule has 0 amide bonds. The molecule has 3 rings (SSSR count). The second-order valence-corrected chi connectivity index (χ2v) is 6.44. The van der Waals surface area contributed by atoms with Crippen LogP contribution in [0.3, 0.4) is 0 Å². The Hall–Kier alpha value is -1.99. The first-order valence-electron chi connectivity index (χ1n) is 7.20. The number of carbonyl (C=O) groups excluding carboxylic acids is 1. The number of rotatable bonds is 5. The molecule has 2 N–H and O–H groups in total. The third-order valence-electron chi connectivity index (χ3n) is 3.97. The number of Topliss-reactive ketones (excluding diaryl/α,β-unsaturated/α-hetero) is 1. The van der Waals surface area contributed by atoms with Crippen molar-refractivity contribution in [1.29, 1.82) is 0 Å². The Bertz CT molecular complexity index is 665. The minimum Gasteiger partial charge on any atom is -0.477 e. The Balaban J connectivity index is 1.67. The largest absolute Gasteiger partial charge is 0.477 e. The van der Waals surface area contributed by atoms with E-state index in [0.29, 0.717) is 18.7 Å². The molecule has 1 unspecified atom stereocenters. The maximum absolute atomic E-state index is 12.5. The number of nitrogens with zero attached hydrogens (tertiary/aromatic N) is 2. The number of likely N-dealkylation sites (tertiary alicyclic amines) is 1. The van der Waals surface area contributed by atoms with E-state index in [4.69, 9.17) is 5.11 Å². The lowest BCUT2D eigenvalue weighted by atomic mass is 9.92. The maximum atomic E-state index is 12.5. The molecule has 0 bridgehead atoms. The van der Waals surface area contributed by atoms with Gasteiger partial charge in [-0.05, 0) is 30.8 Å². The monoisotopic (exact) mass is 319 g/mol. The van der Waals surface area contributed by atoms with Gasteiger partial charge in [-0.3, -0.25) is 14.8 Å². The normalized spacial score (nSPS) is 19.2. The highest BCUT2D eigenvalue weighted by Gasteiger charge is 2.28. The lowest BCUT2D eigenvalue weighted by Gasteiger charge is -2.31. The molecule has 0 aromatic carbocycles. The van der Waals surface area contributed by atoms with Gasteiger partial charge in [-0.25, -0.2) is 4.79 Å². The van der Waals surface area contributed by atoms with Crippen LogP contribution in [0.1, 0.15) is 38.6 Å². The molecule has 7 heteroatoms. The summed E-state index contributed by atoms with van der Waals surface area (Å²) < 4.78 is 0. The Morgan fingerprint density at radius 2 is 2.36 bits per heavy atom. The molecule has 0 radical (unpaired) electrons. The Morgan fingerprint density at radius 3 is 3.09 bits per heavy atom. The first-order chi connectivity index (χ1) is 10.6. The van der Waals surface area contributed by atoms with Crippen LogP contribution in [0.25, 0.3) is 0 Å². The Kier molecular flexibility index (Phi) is 4.35. The number of ketones is 1. The molecule has 2 aromatic rings. The van der Waals surface area contributed by atoms with Crippen molar-refractivity contribution in [2.24, 2.45) is 5.92 Å². The fourth-order valence-electron chi connectivity index (χ4n) is 2.89. The summed E-state index contributed by atoms with van der Waals surface area (Å²) in [4.78, 5) is 26.5. The Labute approximate surface area is 131 Å². The van der Waals surface area contributed by atoms with Crippen molar-refractivity contribution in [1.82, 2.24) is 15.1 Å². The van der Waals surface area contributed by atoms with Gasteiger partial charge in [-0.1, -0.05) is 6.07 Å². The van der Waals surface area contributed by atoms with Gasteiger partial charge in [0, 0.05) is 24.6 Å². The number of aromatic nitrogens is 2. The van der Waals surface area contributed by atoms with Gasteiger partial charge >= 0.3 is 5.97 Å². The van der Waals surface area contributed by atoms with Gasteiger partial charge in [0.2, 0.25) is 0 Å². The zero-order valence-electron chi connectivity index (χ0n) is 12.0. The molecule has 0 spiro atoms. The summed E-state index contributed by atoms with van der Waals surface area (Å²) >= 11 is 1.48. The van der Waals surface area contributed by atoms with Crippen LogP contribution in [0.5, 0.6) is 0 Å². The molecule has 1 saturated heterocycles. The summed E-state index contributed by atoms with van der Waals surface area (Å²) in [5, 5.41) is 17.3. The summed E-state index contributed by atoms with van der Waals surface area (Å²) in [5.41, 5.74) is 0.795. The number of aromatic amines is 1. The third-order valence-corrected chi connectivity index (χ3v) is 4.85. The van der Waals surface area contributed by atoms with Gasteiger partial charge in [0.05, 0.1) is 11.1 Å². The maximum Gasteiger partial charge on any atom is 0.354 e. The topological polar surface area (TPSA) is 86.3 Å². The third kappa shape index (κ3) is 3.10. The van der Waals surface area contributed by atoms with Crippen LogP contribution in [0.2, 0.25) is 0 Å². The molecule has 1 aliphatic heterocycles. The number of H-pyrrole nitrogens is 1. The van der Waals surface area contributed by atoms with E-state index in [1.807, 2.05) is 17.5 Å². The van der Waals surface area contributed by atoms with Crippen LogP contribution >= 0.6 is 11.3 Å². The second kappa shape index (κ2) is 6.41. The minimum absolute atomic E-state index is 0.00687. The van der Waals surface area contributed by atoms with Gasteiger partial charge in [0.15, 0.2) is 5.78 Å². The SMILES string of the molecule is O=C(O)c1[nH]ncc1CN1CCCC(C(=O)c2cccs2)C1. The average Bonchev–Trinajstić information content (AvgIpc) is 3.18. The van der Waals surface area contributed by atoms with Crippen molar-refractivity contribution in [3.63, 3.8) is 0 Å². The number of hydrogen-bond donors (Lipinski definition) is 2. The minimum atomic E-state index is -1.00. The van der Waals surface area contributed by atoms with Gasteiger partial charge in [0.1, 0.15) is 5.69 Å². The van der Waals surface area contributed by atoms with Crippen LogP contribution < -0.4 is 0 Å². The highest BCUT2D eigenvalue weighted by molar-refractivity contribution is 7.12. The predicted molar refractivity (Wildman–Crippen MR) is 82.2 cm³/mol. The highest BCUT2D eigenvalue weighted by atomic mass is 32.1. The van der Waals surface area contributed by atoms with Crippen LogP contribution in [-0.4, -0.2) is 45.0 Å². The molecule has 3 heterocycles. The zero-order chi connectivity index (χ0) is 15.5. The number of thiophene rings is 1. The van der Waals surface area contributed by atoms with Crippen LogP contribution in [0.4, 0.5) is 0 Å². The molecular weight excluding hydrogens is 302 g/mol. The number of piperidine rings is 1. The highest BCUT2D eigenvalue weighted by Crippen LogP contribution is 2.24. The standard InChI is InChI=1S/C15H17N3O3S/c19-14(12-4-2-6-22-12)10-3-1-5-18(8-10)9-11-7-16-17-13(11)15(20)21/h2,4,6-7,10H,1,3,5,8-9H2,(H,16,17)(H,20,21). The summed E-state index contributed by atoms with van der Waals surface area (Å²) in [7, 11) is 0. The lowest BCUT2D eigenvalue weighted by molar-refractivity contribution is 0.0683. The molecule has 2 aromatic heterocycles. The first-order valence-corrected chi connectivity index (χ1v) is 8.08. The molecule has 1 fully saturated rings. The van der Waals surface area contributed by atoms with E-state index in [9.17, 15) is 9.59 Å². The van der Waals surface area contributed by atoms with Gasteiger partial charge in [-0.15, -0.1) is 11.3 Å². The van der Waals surface area contributed by atoms with Gasteiger partial charge in [-0.2, -0.15) is 5.10 Å². The quantitative estimate of drug-likeness (QED) is 0.826. The van der Waals surface area contributed by atoms with Crippen molar-refractivity contribution in [2.45, 2.75) is 19.4 Å². The van der Waals surface area contributed by atoms with Crippen molar-refractivity contribution >= 4 is 23.1 Å². The molecule has 116 valence electrons. The zero-order valence-corrected chi connectivity index (χ0v) is 12.8. The fourth-order valence-corrected chi connectivity index (χ4v) is 3.63. The van der Waals surface area contributed by atoms with Crippen LogP contribution in [0, 0.1) is 5.92 Å². The molecule has 0 saturated carbocycles. The first kappa shape index (κ1) is 14.9. The van der Waals surface area contributed by atoms with Gasteiger partial charge < -0.3 is 5.11 Å². The van der Waals surface area contributed by atoms with Gasteiger partial charge in [0.25, 0.3) is 0 Å². The molecule has 22 heavy (non-hydrogen) atoms. The second-order valence-electron chi connectivity index (χ2n) is 5.49. The summed E-state index contributed by atoms with van der Waals surface area (Å²) in [6.45, 7) is 2.05. The van der Waals surface area contributed by atoms with E-state index in [1.54, 1.807) is 6.20 Å². The van der Waals surface area contributed by atoms with E-state index in [-0.39, 0.29) is 17.4 Å². The van der Waals surface area contributed by atoms with E-state index in [1.165, 1.54) is 11.3 Å². The van der Waals surface area contributed by atoms with E-state index >= 15 is 0 Å². The van der Waals surface area contributed by atoms with Crippen LogP contribution in [0.15, 0.2) is 23.7 Å². The number of carboxylic acids is 1. The number of nitrogens with one attached hydrogen (secondary N) is 1. The molecule has 6 nitrogen and oxygen atoms in total. The number of carboxylic acid groups (broad SMARTS) is 1. The number of hydrogen-bond acceptors (Lipinski definition) is 5. The summed E-state index contributed by atoms with van der Waals surface area (Å²) in [6.07, 6.45) is 3.39. The van der Waals surface area contributed by atoms with Crippen molar-refractivity contribution < 1.29 is 14.7 Å². The van der Waals surface area contributed by atoms with E-state index in [2.05, 4.69) is 15.1 Å². The van der Waals surface area contributed by atoms with Crippen LogP contribution in [-0.2, 0) is 6.54 Å². The Morgan fingerprint density at radius 1 is 1.50 bits per heavy atom. The van der Waals surface area contributed by atoms with Crippen molar-refractivity contribution in [3.8, 4) is 0 Å². The number of aromatic carboxylic acids is 1. The van der Waals surface area contributed by atoms with E-state index < -0.39 is 5.97 Å². The fraction of sp³-hybridized carbons (Fsp3) is 0.400. The van der Waals surface area contributed by atoms with Crippen molar-refractivity contribution in [2.75, 3.05) is 13.1 Å². The predicted octanol–water partition coefficient (Wildman–Crippen LogP) is 2.26. The molecular formula is C15H17N3O3S. The smallest absolute Gasteiger partial charge is 0.354 e. The average molecular weight is 319 g/mol. The molecule has 1 aliphatic rings. The number of carbonyl (C=O) groups is 2.